The minimum Gasteiger partial charge on any atom is -0.496 e. The SMILES string of the molecule is COc1ccccc1-c1cc(C(=O)NCCCn2ccc3cccnc32)[nH]n1. The van der Waals surface area contributed by atoms with Crippen molar-refractivity contribution in [3.05, 3.63) is 66.6 Å². The van der Waals surface area contributed by atoms with Crippen molar-refractivity contribution in [3.63, 3.8) is 0 Å². The first-order valence-electron chi connectivity index (χ1n) is 9.13. The van der Waals surface area contributed by atoms with E-state index in [4.69, 9.17) is 4.74 Å². The summed E-state index contributed by atoms with van der Waals surface area (Å²) in [4.78, 5) is 16.8. The van der Waals surface area contributed by atoms with Gasteiger partial charge in [-0.2, -0.15) is 5.10 Å². The van der Waals surface area contributed by atoms with Crippen molar-refractivity contribution in [1.29, 1.82) is 0 Å². The number of para-hydroxylation sites is 1. The fourth-order valence-corrected chi connectivity index (χ4v) is 3.18. The number of hydrogen-bond donors (Lipinski definition) is 2. The molecule has 0 bridgehead atoms. The number of nitrogens with zero attached hydrogens (tertiary/aromatic N) is 3. The maximum absolute atomic E-state index is 12.4. The highest BCUT2D eigenvalue weighted by atomic mass is 16.5. The van der Waals surface area contributed by atoms with Gasteiger partial charge in [0, 0.05) is 36.4 Å². The van der Waals surface area contributed by atoms with Crippen LogP contribution >= 0.6 is 0 Å². The molecule has 3 heterocycles. The van der Waals surface area contributed by atoms with Gasteiger partial charge >= 0.3 is 0 Å². The van der Waals surface area contributed by atoms with E-state index >= 15 is 0 Å². The Morgan fingerprint density at radius 1 is 1.21 bits per heavy atom. The number of benzene rings is 1. The Morgan fingerprint density at radius 3 is 3.00 bits per heavy atom. The molecule has 0 saturated heterocycles. The standard InChI is InChI=1S/C21H21N5O2/c1-28-19-8-3-2-7-16(19)17-14-18(25-24-17)21(27)23-11-5-12-26-13-9-15-6-4-10-22-20(15)26/h2-4,6-10,13-14H,5,11-12H2,1H3,(H,23,27)(H,24,25). The van der Waals surface area contributed by atoms with Gasteiger partial charge in [-0.3, -0.25) is 9.89 Å². The molecule has 1 aromatic carbocycles. The van der Waals surface area contributed by atoms with Gasteiger partial charge in [0.2, 0.25) is 0 Å². The van der Waals surface area contributed by atoms with Crippen LogP contribution in [0.1, 0.15) is 16.9 Å². The molecule has 3 aromatic heterocycles. The summed E-state index contributed by atoms with van der Waals surface area (Å²) < 4.78 is 7.45. The van der Waals surface area contributed by atoms with Crippen LogP contribution in [0.4, 0.5) is 0 Å². The number of methoxy groups -OCH3 is 1. The molecule has 0 atom stereocenters. The lowest BCUT2D eigenvalue weighted by atomic mass is 10.1. The Kier molecular flexibility index (Phi) is 5.05. The zero-order valence-corrected chi connectivity index (χ0v) is 15.6. The van der Waals surface area contributed by atoms with Crippen LogP contribution in [0, 0.1) is 0 Å². The van der Waals surface area contributed by atoms with Crippen molar-refractivity contribution >= 4 is 16.9 Å². The second-order valence-electron chi connectivity index (χ2n) is 6.40. The fraction of sp³-hybridized carbons (Fsp3) is 0.190. The van der Waals surface area contributed by atoms with Gasteiger partial charge in [-0.1, -0.05) is 12.1 Å². The van der Waals surface area contributed by atoms with E-state index in [0.29, 0.717) is 23.7 Å². The summed E-state index contributed by atoms with van der Waals surface area (Å²) >= 11 is 0. The molecule has 2 N–H and O–H groups in total. The summed E-state index contributed by atoms with van der Waals surface area (Å²) in [5.41, 5.74) is 2.90. The Morgan fingerprint density at radius 2 is 2.11 bits per heavy atom. The van der Waals surface area contributed by atoms with Crippen LogP contribution in [0.15, 0.2) is 60.9 Å². The first-order valence-corrected chi connectivity index (χ1v) is 9.13. The predicted octanol–water partition coefficient (Wildman–Crippen LogP) is 3.26. The second-order valence-corrected chi connectivity index (χ2v) is 6.40. The molecular weight excluding hydrogens is 354 g/mol. The highest BCUT2D eigenvalue weighted by molar-refractivity contribution is 5.93. The van der Waals surface area contributed by atoms with E-state index in [1.807, 2.05) is 48.7 Å². The summed E-state index contributed by atoms with van der Waals surface area (Å²) in [6.07, 6.45) is 4.62. The van der Waals surface area contributed by atoms with Crippen LogP contribution in [-0.2, 0) is 6.54 Å². The molecule has 0 aliphatic carbocycles. The highest BCUT2D eigenvalue weighted by Crippen LogP contribution is 2.28. The maximum Gasteiger partial charge on any atom is 0.269 e. The van der Waals surface area contributed by atoms with Crippen molar-refractivity contribution in [2.24, 2.45) is 0 Å². The maximum atomic E-state index is 12.4. The van der Waals surface area contributed by atoms with E-state index in [1.54, 1.807) is 19.4 Å². The molecule has 1 amide bonds. The molecule has 0 unspecified atom stereocenters. The van der Waals surface area contributed by atoms with E-state index in [2.05, 4.69) is 25.1 Å². The zero-order valence-electron chi connectivity index (χ0n) is 15.6. The van der Waals surface area contributed by atoms with Crippen LogP contribution in [0.2, 0.25) is 0 Å². The number of nitrogens with one attached hydrogen (secondary N) is 2. The molecule has 28 heavy (non-hydrogen) atoms. The Balaban J connectivity index is 1.34. The van der Waals surface area contributed by atoms with Gasteiger partial charge in [0.05, 0.1) is 12.8 Å². The summed E-state index contributed by atoms with van der Waals surface area (Å²) in [7, 11) is 1.61. The van der Waals surface area contributed by atoms with Gasteiger partial charge < -0.3 is 14.6 Å². The molecular formula is C21H21N5O2. The third-order valence-electron chi connectivity index (χ3n) is 4.59. The van der Waals surface area contributed by atoms with Crippen LogP contribution in [-0.4, -0.2) is 39.3 Å². The summed E-state index contributed by atoms with van der Waals surface area (Å²) in [5.74, 6) is 0.539. The number of H-pyrrole nitrogens is 1. The first-order chi connectivity index (χ1) is 13.8. The number of pyridine rings is 1. The lowest BCUT2D eigenvalue weighted by Crippen LogP contribution is -2.25. The van der Waals surface area contributed by atoms with Gasteiger partial charge in [0.25, 0.3) is 5.91 Å². The summed E-state index contributed by atoms with van der Waals surface area (Å²) in [5, 5.41) is 11.1. The quantitative estimate of drug-likeness (QED) is 0.486. The Bertz CT molecular complexity index is 1100. The van der Waals surface area contributed by atoms with E-state index < -0.39 is 0 Å². The number of carbonyl (C=O) groups is 1. The van der Waals surface area contributed by atoms with Crippen molar-refractivity contribution in [2.75, 3.05) is 13.7 Å². The normalized spacial score (nSPS) is 10.9. The zero-order chi connectivity index (χ0) is 19.3. The lowest BCUT2D eigenvalue weighted by Gasteiger charge is -2.06. The molecule has 7 nitrogen and oxygen atoms in total. The predicted molar refractivity (Wildman–Crippen MR) is 107 cm³/mol. The fourth-order valence-electron chi connectivity index (χ4n) is 3.18. The third kappa shape index (κ3) is 3.59. The Labute approximate surface area is 162 Å². The number of carbonyl (C=O) groups excluding carboxylic acids is 1. The van der Waals surface area contributed by atoms with E-state index in [9.17, 15) is 4.79 Å². The average molecular weight is 375 g/mol. The third-order valence-corrected chi connectivity index (χ3v) is 4.59. The topological polar surface area (TPSA) is 84.8 Å². The molecule has 7 heteroatoms. The molecule has 0 fully saturated rings. The van der Waals surface area contributed by atoms with Crippen LogP contribution in [0.25, 0.3) is 22.3 Å². The first kappa shape index (κ1) is 17.8. The number of ether oxygens (including phenoxy) is 1. The van der Waals surface area contributed by atoms with Crippen molar-refractivity contribution in [2.45, 2.75) is 13.0 Å². The second kappa shape index (κ2) is 7.96. The van der Waals surface area contributed by atoms with Crippen molar-refractivity contribution < 1.29 is 9.53 Å². The lowest BCUT2D eigenvalue weighted by molar-refractivity contribution is 0.0948. The molecule has 4 aromatic rings. The smallest absolute Gasteiger partial charge is 0.269 e. The molecule has 0 spiro atoms. The molecule has 4 rings (SSSR count). The largest absolute Gasteiger partial charge is 0.496 e. The van der Waals surface area contributed by atoms with Gasteiger partial charge in [-0.25, -0.2) is 4.98 Å². The van der Waals surface area contributed by atoms with Gasteiger partial charge in [0.1, 0.15) is 17.1 Å². The minimum atomic E-state index is -0.177. The van der Waals surface area contributed by atoms with Crippen LogP contribution in [0.3, 0.4) is 0 Å². The number of rotatable bonds is 7. The minimum absolute atomic E-state index is 0.177. The van der Waals surface area contributed by atoms with Crippen LogP contribution in [0.5, 0.6) is 5.75 Å². The summed E-state index contributed by atoms with van der Waals surface area (Å²) in [6.45, 7) is 1.35. The number of aromatic amines is 1. The van der Waals surface area contributed by atoms with Crippen molar-refractivity contribution in [3.8, 4) is 17.0 Å². The number of aromatic nitrogens is 4. The molecule has 0 saturated carbocycles. The number of amides is 1. The van der Waals surface area contributed by atoms with Crippen molar-refractivity contribution in [1.82, 2.24) is 25.1 Å². The highest BCUT2D eigenvalue weighted by Gasteiger charge is 2.13. The van der Waals surface area contributed by atoms with E-state index in [-0.39, 0.29) is 5.91 Å². The van der Waals surface area contributed by atoms with E-state index in [0.717, 1.165) is 29.6 Å². The summed E-state index contributed by atoms with van der Waals surface area (Å²) in [6, 6.07) is 15.3. The molecule has 0 aliphatic heterocycles. The van der Waals surface area contributed by atoms with Gasteiger partial charge in [-0.05, 0) is 42.8 Å². The average Bonchev–Trinajstić information content (AvgIpc) is 3.39. The molecule has 142 valence electrons. The monoisotopic (exact) mass is 375 g/mol. The Hall–Kier alpha value is -3.61. The number of hydrogen-bond acceptors (Lipinski definition) is 4. The van der Waals surface area contributed by atoms with E-state index in [1.165, 1.54) is 0 Å². The molecule has 0 aliphatic rings. The van der Waals surface area contributed by atoms with Crippen LogP contribution < -0.4 is 10.1 Å². The van der Waals surface area contributed by atoms with Gasteiger partial charge in [0.15, 0.2) is 0 Å². The number of aryl methyl sites for hydroxylation is 1. The van der Waals surface area contributed by atoms with Gasteiger partial charge in [-0.15, -0.1) is 0 Å². The number of fused-ring (bicyclic) bond motifs is 1. The molecule has 0 radical (unpaired) electrons.